The SMILES string of the molecule is C.Cc1ccncc1-c1ccc2nc(NC(=O)[C@H]3C[C@@H]3F)sc2c1. The van der Waals surface area contributed by atoms with E-state index in [9.17, 15) is 9.18 Å². The Kier molecular flexibility index (Phi) is 4.32. The average Bonchev–Trinajstić information content (AvgIpc) is 3.13. The van der Waals surface area contributed by atoms with Crippen LogP contribution in [0.4, 0.5) is 9.52 Å². The lowest BCUT2D eigenvalue weighted by Crippen LogP contribution is -2.14. The number of fused-ring (bicyclic) bond motifs is 1. The molecule has 4 nitrogen and oxygen atoms in total. The summed E-state index contributed by atoms with van der Waals surface area (Å²) in [5.74, 6) is -0.782. The Morgan fingerprint density at radius 3 is 2.88 bits per heavy atom. The number of hydrogen-bond acceptors (Lipinski definition) is 4. The van der Waals surface area contributed by atoms with Crippen molar-refractivity contribution in [2.24, 2.45) is 5.92 Å². The molecule has 1 aliphatic carbocycles. The third kappa shape index (κ3) is 3.01. The topological polar surface area (TPSA) is 54.9 Å². The van der Waals surface area contributed by atoms with Gasteiger partial charge in [-0.15, -0.1) is 0 Å². The van der Waals surface area contributed by atoms with Gasteiger partial charge in [0.25, 0.3) is 0 Å². The number of thiazole rings is 1. The molecule has 1 aromatic carbocycles. The first-order valence-electron chi connectivity index (χ1n) is 7.38. The fraction of sp³-hybridized carbons (Fsp3) is 0.278. The molecule has 24 heavy (non-hydrogen) atoms. The molecule has 0 unspecified atom stereocenters. The first kappa shape index (κ1) is 16.5. The molecule has 2 atom stereocenters. The molecule has 1 N–H and O–H groups in total. The van der Waals surface area contributed by atoms with Crippen LogP contribution in [0.5, 0.6) is 0 Å². The monoisotopic (exact) mass is 343 g/mol. The van der Waals surface area contributed by atoms with Crippen LogP contribution in [0, 0.1) is 12.8 Å². The molecular weight excluding hydrogens is 325 g/mol. The van der Waals surface area contributed by atoms with Crippen LogP contribution in [-0.2, 0) is 4.79 Å². The fourth-order valence-electron chi connectivity index (χ4n) is 2.55. The number of aryl methyl sites for hydroxylation is 1. The van der Waals surface area contributed by atoms with Gasteiger partial charge in [-0.05, 0) is 42.7 Å². The van der Waals surface area contributed by atoms with E-state index in [-0.39, 0.29) is 13.3 Å². The minimum atomic E-state index is -0.996. The lowest BCUT2D eigenvalue weighted by molar-refractivity contribution is -0.117. The summed E-state index contributed by atoms with van der Waals surface area (Å²) in [5, 5.41) is 3.23. The Bertz CT molecular complexity index is 908. The zero-order valence-corrected chi connectivity index (χ0v) is 13.2. The zero-order valence-electron chi connectivity index (χ0n) is 12.4. The number of nitrogens with one attached hydrogen (secondary N) is 1. The van der Waals surface area contributed by atoms with E-state index in [2.05, 4.69) is 15.3 Å². The number of hydrogen-bond donors (Lipinski definition) is 1. The van der Waals surface area contributed by atoms with Gasteiger partial charge in [0.1, 0.15) is 6.17 Å². The van der Waals surface area contributed by atoms with Crippen LogP contribution < -0.4 is 5.32 Å². The van der Waals surface area contributed by atoms with E-state index in [1.807, 2.05) is 37.4 Å². The van der Waals surface area contributed by atoms with Crippen LogP contribution in [0.3, 0.4) is 0 Å². The van der Waals surface area contributed by atoms with E-state index < -0.39 is 12.1 Å². The fourth-order valence-corrected chi connectivity index (χ4v) is 3.45. The van der Waals surface area contributed by atoms with Gasteiger partial charge >= 0.3 is 0 Å². The third-order valence-electron chi connectivity index (χ3n) is 4.02. The van der Waals surface area contributed by atoms with Crippen molar-refractivity contribution in [1.82, 2.24) is 9.97 Å². The molecule has 4 rings (SSSR count). The number of benzene rings is 1. The minimum Gasteiger partial charge on any atom is -0.302 e. The first-order valence-corrected chi connectivity index (χ1v) is 8.20. The minimum absolute atomic E-state index is 0. The van der Waals surface area contributed by atoms with Gasteiger partial charge in [0.2, 0.25) is 5.91 Å². The average molecular weight is 343 g/mol. The van der Waals surface area contributed by atoms with Crippen LogP contribution >= 0.6 is 11.3 Å². The number of pyridine rings is 1. The van der Waals surface area contributed by atoms with Crippen molar-refractivity contribution < 1.29 is 9.18 Å². The summed E-state index contributed by atoms with van der Waals surface area (Å²) in [6.07, 6.45) is 2.94. The summed E-state index contributed by atoms with van der Waals surface area (Å²) in [4.78, 5) is 20.4. The standard InChI is InChI=1S/C17H14FN3OS.CH4/c1-9-4-5-19-8-12(9)10-2-3-14-15(6-10)23-17(20-14)21-16(22)11-7-13(11)18;/h2-6,8,11,13H,7H2,1H3,(H,20,21,22);1H4/t11-,13-;/m0./s1. The third-order valence-corrected chi connectivity index (χ3v) is 4.95. The predicted molar refractivity (Wildman–Crippen MR) is 96.0 cm³/mol. The highest BCUT2D eigenvalue weighted by molar-refractivity contribution is 7.22. The highest BCUT2D eigenvalue weighted by Crippen LogP contribution is 2.36. The smallest absolute Gasteiger partial charge is 0.232 e. The summed E-state index contributed by atoms with van der Waals surface area (Å²) in [5.41, 5.74) is 4.12. The van der Waals surface area contributed by atoms with Gasteiger partial charge in [-0.2, -0.15) is 0 Å². The van der Waals surface area contributed by atoms with Crippen LogP contribution in [0.15, 0.2) is 36.7 Å². The molecule has 0 radical (unpaired) electrons. The molecule has 0 aliphatic heterocycles. The van der Waals surface area contributed by atoms with Crippen LogP contribution in [-0.4, -0.2) is 22.0 Å². The van der Waals surface area contributed by atoms with Gasteiger partial charge < -0.3 is 5.32 Å². The van der Waals surface area contributed by atoms with Crippen molar-refractivity contribution in [3.63, 3.8) is 0 Å². The molecule has 0 saturated heterocycles. The molecular formula is C18H18FN3OS. The van der Waals surface area contributed by atoms with E-state index in [0.29, 0.717) is 11.6 Å². The van der Waals surface area contributed by atoms with Crippen molar-refractivity contribution in [2.75, 3.05) is 5.32 Å². The highest BCUT2D eigenvalue weighted by atomic mass is 32.1. The Balaban J connectivity index is 0.00000169. The number of alkyl halides is 1. The number of nitrogens with zero attached hydrogens (tertiary/aromatic N) is 2. The van der Waals surface area contributed by atoms with Crippen LogP contribution in [0.1, 0.15) is 19.4 Å². The number of anilines is 1. The van der Waals surface area contributed by atoms with Crippen molar-refractivity contribution >= 4 is 32.6 Å². The van der Waals surface area contributed by atoms with Gasteiger partial charge in [0, 0.05) is 18.0 Å². The molecule has 2 heterocycles. The second-order valence-corrected chi connectivity index (χ2v) is 6.77. The van der Waals surface area contributed by atoms with E-state index in [4.69, 9.17) is 0 Å². The number of rotatable bonds is 3. The van der Waals surface area contributed by atoms with Gasteiger partial charge in [-0.3, -0.25) is 9.78 Å². The van der Waals surface area contributed by atoms with E-state index in [1.54, 1.807) is 6.20 Å². The summed E-state index contributed by atoms with van der Waals surface area (Å²) in [6.45, 7) is 2.04. The van der Waals surface area contributed by atoms with E-state index in [0.717, 1.165) is 26.9 Å². The lowest BCUT2D eigenvalue weighted by atomic mass is 10.0. The summed E-state index contributed by atoms with van der Waals surface area (Å²) in [6, 6.07) is 7.94. The molecule has 1 fully saturated rings. The maximum Gasteiger partial charge on any atom is 0.232 e. The molecule has 6 heteroatoms. The van der Waals surface area contributed by atoms with Crippen LogP contribution in [0.2, 0.25) is 0 Å². The molecule has 0 spiro atoms. The molecule has 1 saturated carbocycles. The van der Waals surface area contributed by atoms with Crippen molar-refractivity contribution in [3.8, 4) is 11.1 Å². The Morgan fingerprint density at radius 1 is 1.38 bits per heavy atom. The predicted octanol–water partition coefficient (Wildman–Crippen LogP) is 4.60. The normalized spacial score (nSPS) is 18.9. The number of carbonyl (C=O) groups is 1. The van der Waals surface area contributed by atoms with Crippen LogP contribution in [0.25, 0.3) is 21.3 Å². The molecule has 124 valence electrons. The molecule has 1 amide bonds. The summed E-state index contributed by atoms with van der Waals surface area (Å²) in [7, 11) is 0. The number of amides is 1. The second-order valence-electron chi connectivity index (χ2n) is 5.74. The Morgan fingerprint density at radius 2 is 2.17 bits per heavy atom. The highest BCUT2D eigenvalue weighted by Gasteiger charge is 2.43. The summed E-state index contributed by atoms with van der Waals surface area (Å²) >= 11 is 1.40. The molecule has 2 aromatic heterocycles. The molecule has 1 aliphatic rings. The van der Waals surface area contributed by atoms with Crippen molar-refractivity contribution in [2.45, 2.75) is 26.9 Å². The maximum absolute atomic E-state index is 12.9. The Hall–Kier alpha value is -2.34. The first-order chi connectivity index (χ1) is 11.1. The van der Waals surface area contributed by atoms with Gasteiger partial charge in [0.15, 0.2) is 5.13 Å². The quantitative estimate of drug-likeness (QED) is 0.756. The molecule has 0 bridgehead atoms. The second kappa shape index (κ2) is 6.28. The number of aromatic nitrogens is 2. The lowest BCUT2D eigenvalue weighted by Gasteiger charge is -2.04. The Labute approximate surface area is 143 Å². The zero-order chi connectivity index (χ0) is 16.0. The van der Waals surface area contributed by atoms with Gasteiger partial charge in [-0.1, -0.05) is 24.8 Å². The maximum atomic E-state index is 12.9. The largest absolute Gasteiger partial charge is 0.302 e. The van der Waals surface area contributed by atoms with Gasteiger partial charge in [-0.25, -0.2) is 9.37 Å². The van der Waals surface area contributed by atoms with Gasteiger partial charge in [0.05, 0.1) is 16.1 Å². The van der Waals surface area contributed by atoms with E-state index in [1.165, 1.54) is 11.3 Å². The van der Waals surface area contributed by atoms with Crippen molar-refractivity contribution in [1.29, 1.82) is 0 Å². The van der Waals surface area contributed by atoms with E-state index >= 15 is 0 Å². The molecule has 3 aromatic rings. The van der Waals surface area contributed by atoms with Crippen molar-refractivity contribution in [3.05, 3.63) is 42.2 Å². The number of halogens is 1. The summed E-state index contributed by atoms with van der Waals surface area (Å²) < 4.78 is 13.9. The number of carbonyl (C=O) groups excluding carboxylic acids is 1.